The molecule has 0 amide bonds. The Hall–Kier alpha value is -1.64. The van der Waals surface area contributed by atoms with E-state index in [1.807, 2.05) is 19.2 Å². The molecular weight excluding hydrogens is 371 g/mol. The molecule has 0 radical (unpaired) electrons. The van der Waals surface area contributed by atoms with E-state index in [-0.39, 0.29) is 10.6 Å². The van der Waals surface area contributed by atoms with Crippen LogP contribution in [0.2, 0.25) is 0 Å². The van der Waals surface area contributed by atoms with Gasteiger partial charge in [-0.2, -0.15) is 5.10 Å². The SMILES string of the molecule is CCCNc1c(Cn2cc(I)cn2)cccc1[N+](=O)[O-]. The summed E-state index contributed by atoms with van der Waals surface area (Å²) in [5.41, 5.74) is 1.56. The predicted octanol–water partition coefficient (Wildman–Crippen LogP) is 3.27. The third-order valence-corrected chi connectivity index (χ3v) is 3.37. The van der Waals surface area contributed by atoms with Crippen molar-refractivity contribution in [2.45, 2.75) is 19.9 Å². The Morgan fingerprint density at radius 3 is 2.90 bits per heavy atom. The second kappa shape index (κ2) is 6.69. The van der Waals surface area contributed by atoms with Gasteiger partial charge in [-0.25, -0.2) is 0 Å². The third kappa shape index (κ3) is 3.47. The van der Waals surface area contributed by atoms with E-state index in [0.717, 1.165) is 15.6 Å². The molecule has 0 saturated carbocycles. The summed E-state index contributed by atoms with van der Waals surface area (Å²) in [6, 6.07) is 5.12. The van der Waals surface area contributed by atoms with Crippen LogP contribution in [0, 0.1) is 13.7 Å². The Morgan fingerprint density at radius 2 is 2.30 bits per heavy atom. The minimum Gasteiger partial charge on any atom is -0.379 e. The maximum atomic E-state index is 11.1. The Balaban J connectivity index is 2.35. The van der Waals surface area contributed by atoms with E-state index in [2.05, 4.69) is 33.0 Å². The van der Waals surface area contributed by atoms with Crippen LogP contribution in [0.1, 0.15) is 18.9 Å². The molecule has 106 valence electrons. The van der Waals surface area contributed by atoms with Gasteiger partial charge in [-0.05, 0) is 29.0 Å². The lowest BCUT2D eigenvalue weighted by Crippen LogP contribution is -2.09. The lowest BCUT2D eigenvalue weighted by molar-refractivity contribution is -0.384. The first-order valence-corrected chi connectivity index (χ1v) is 7.37. The number of aromatic nitrogens is 2. The minimum atomic E-state index is -0.353. The van der Waals surface area contributed by atoms with E-state index in [9.17, 15) is 10.1 Å². The van der Waals surface area contributed by atoms with E-state index < -0.39 is 0 Å². The Bertz CT molecular complexity index is 612. The second-order valence-corrected chi connectivity index (χ2v) is 5.60. The van der Waals surface area contributed by atoms with Gasteiger partial charge >= 0.3 is 0 Å². The van der Waals surface area contributed by atoms with Gasteiger partial charge in [0.2, 0.25) is 0 Å². The highest BCUT2D eigenvalue weighted by atomic mass is 127. The van der Waals surface area contributed by atoms with Crippen LogP contribution in [0.4, 0.5) is 11.4 Å². The van der Waals surface area contributed by atoms with Gasteiger partial charge < -0.3 is 5.32 Å². The summed E-state index contributed by atoms with van der Waals surface area (Å²) in [5, 5.41) is 18.5. The first kappa shape index (κ1) is 14.8. The van der Waals surface area contributed by atoms with Gasteiger partial charge in [-0.15, -0.1) is 0 Å². The molecule has 1 aromatic heterocycles. The summed E-state index contributed by atoms with van der Waals surface area (Å²) >= 11 is 2.18. The Morgan fingerprint density at radius 1 is 1.50 bits per heavy atom. The minimum absolute atomic E-state index is 0.109. The third-order valence-electron chi connectivity index (χ3n) is 2.81. The van der Waals surface area contributed by atoms with E-state index in [4.69, 9.17) is 0 Å². The maximum absolute atomic E-state index is 11.1. The number of nitrogens with zero attached hydrogens (tertiary/aromatic N) is 3. The number of nitrogens with one attached hydrogen (secondary N) is 1. The molecule has 1 aromatic carbocycles. The van der Waals surface area contributed by atoms with Crippen molar-refractivity contribution in [2.24, 2.45) is 0 Å². The number of para-hydroxylation sites is 1. The zero-order valence-electron chi connectivity index (χ0n) is 11.0. The van der Waals surface area contributed by atoms with Crippen LogP contribution < -0.4 is 5.32 Å². The molecule has 7 heteroatoms. The lowest BCUT2D eigenvalue weighted by Gasteiger charge is -2.12. The molecule has 0 atom stereocenters. The van der Waals surface area contributed by atoms with Gasteiger partial charge in [-0.1, -0.05) is 19.1 Å². The van der Waals surface area contributed by atoms with Crippen molar-refractivity contribution in [3.05, 3.63) is 49.8 Å². The van der Waals surface area contributed by atoms with Crippen LogP contribution in [0.5, 0.6) is 0 Å². The standard InChI is InChI=1S/C13H15IN4O2/c1-2-6-15-13-10(4-3-5-12(13)18(19)20)8-17-9-11(14)7-16-17/h3-5,7,9,15H,2,6,8H2,1H3. The van der Waals surface area contributed by atoms with Crippen molar-refractivity contribution < 1.29 is 4.92 Å². The second-order valence-electron chi connectivity index (χ2n) is 4.35. The molecule has 20 heavy (non-hydrogen) atoms. The van der Waals surface area contributed by atoms with Gasteiger partial charge in [0.25, 0.3) is 5.69 Å². The number of nitro groups is 1. The summed E-state index contributed by atoms with van der Waals surface area (Å²) < 4.78 is 2.81. The summed E-state index contributed by atoms with van der Waals surface area (Å²) in [7, 11) is 0. The van der Waals surface area contributed by atoms with Crippen molar-refractivity contribution in [2.75, 3.05) is 11.9 Å². The van der Waals surface area contributed by atoms with Crippen LogP contribution in [0.25, 0.3) is 0 Å². The normalized spacial score (nSPS) is 10.5. The Kier molecular flexibility index (Phi) is 4.94. The molecule has 1 heterocycles. The van der Waals surface area contributed by atoms with E-state index in [1.165, 1.54) is 6.07 Å². The van der Waals surface area contributed by atoms with Gasteiger partial charge in [0, 0.05) is 24.4 Å². The fourth-order valence-corrected chi connectivity index (χ4v) is 2.37. The fourth-order valence-electron chi connectivity index (χ4n) is 1.92. The average Bonchev–Trinajstić information content (AvgIpc) is 2.82. The number of hydrogen-bond acceptors (Lipinski definition) is 4. The molecule has 0 aliphatic carbocycles. The molecule has 0 aliphatic rings. The quantitative estimate of drug-likeness (QED) is 0.470. The molecule has 0 unspecified atom stereocenters. The van der Waals surface area contributed by atoms with Crippen molar-refractivity contribution >= 4 is 34.0 Å². The van der Waals surface area contributed by atoms with Crippen molar-refractivity contribution in [3.63, 3.8) is 0 Å². The highest BCUT2D eigenvalue weighted by molar-refractivity contribution is 14.1. The number of nitro benzene ring substituents is 1. The monoisotopic (exact) mass is 386 g/mol. The van der Waals surface area contributed by atoms with E-state index >= 15 is 0 Å². The number of halogens is 1. The van der Waals surface area contributed by atoms with Crippen LogP contribution in [-0.4, -0.2) is 21.2 Å². The maximum Gasteiger partial charge on any atom is 0.292 e. The number of benzene rings is 1. The van der Waals surface area contributed by atoms with Crippen molar-refractivity contribution in [1.29, 1.82) is 0 Å². The topological polar surface area (TPSA) is 73.0 Å². The molecule has 2 rings (SSSR count). The smallest absolute Gasteiger partial charge is 0.292 e. The van der Waals surface area contributed by atoms with E-state index in [1.54, 1.807) is 16.9 Å². The molecule has 0 saturated heterocycles. The molecule has 0 bridgehead atoms. The largest absolute Gasteiger partial charge is 0.379 e. The summed E-state index contributed by atoms with van der Waals surface area (Å²) in [5.74, 6) is 0. The summed E-state index contributed by atoms with van der Waals surface area (Å²) in [6.07, 6.45) is 4.57. The van der Waals surface area contributed by atoms with Gasteiger partial charge in [0.05, 0.1) is 21.2 Å². The zero-order chi connectivity index (χ0) is 14.5. The first-order chi connectivity index (χ1) is 9.61. The van der Waals surface area contributed by atoms with Crippen LogP contribution in [-0.2, 0) is 6.54 Å². The predicted molar refractivity (Wildman–Crippen MR) is 85.9 cm³/mol. The summed E-state index contributed by atoms with van der Waals surface area (Å²) in [6.45, 7) is 3.24. The van der Waals surface area contributed by atoms with Gasteiger partial charge in [-0.3, -0.25) is 14.8 Å². The highest BCUT2D eigenvalue weighted by Crippen LogP contribution is 2.28. The van der Waals surface area contributed by atoms with E-state index in [0.29, 0.717) is 18.8 Å². The fraction of sp³-hybridized carbons (Fsp3) is 0.308. The van der Waals surface area contributed by atoms with Crippen LogP contribution in [0.3, 0.4) is 0 Å². The number of hydrogen-bond donors (Lipinski definition) is 1. The molecular formula is C13H15IN4O2. The molecule has 0 spiro atoms. The van der Waals surface area contributed by atoms with Crippen molar-refractivity contribution in [1.82, 2.24) is 9.78 Å². The number of anilines is 1. The average molecular weight is 386 g/mol. The molecule has 2 aromatic rings. The molecule has 1 N–H and O–H groups in total. The van der Waals surface area contributed by atoms with Gasteiger partial charge in [0.1, 0.15) is 5.69 Å². The Labute approximate surface area is 130 Å². The zero-order valence-corrected chi connectivity index (χ0v) is 13.2. The first-order valence-electron chi connectivity index (χ1n) is 6.30. The van der Waals surface area contributed by atoms with Crippen LogP contribution in [0.15, 0.2) is 30.6 Å². The molecule has 0 fully saturated rings. The van der Waals surface area contributed by atoms with Crippen LogP contribution >= 0.6 is 22.6 Å². The summed E-state index contributed by atoms with van der Waals surface area (Å²) in [4.78, 5) is 10.8. The number of rotatable bonds is 6. The lowest BCUT2D eigenvalue weighted by atomic mass is 10.1. The van der Waals surface area contributed by atoms with Gasteiger partial charge in [0.15, 0.2) is 0 Å². The van der Waals surface area contributed by atoms with Crippen molar-refractivity contribution in [3.8, 4) is 0 Å². The molecule has 0 aliphatic heterocycles. The highest BCUT2D eigenvalue weighted by Gasteiger charge is 2.17. The molecule has 6 nitrogen and oxygen atoms in total.